The molecular formula is C20H30O5. The van der Waals surface area contributed by atoms with Crippen LogP contribution in [0.1, 0.15) is 65.2 Å². The number of carbonyl (C=O) groups excluding carboxylic acids is 2. The van der Waals surface area contributed by atoms with Crippen molar-refractivity contribution in [3.05, 3.63) is 24.3 Å². The highest BCUT2D eigenvalue weighted by Crippen LogP contribution is 2.34. The zero-order valence-corrected chi connectivity index (χ0v) is 15.5. The first-order valence-electron chi connectivity index (χ1n) is 9.13. The van der Waals surface area contributed by atoms with E-state index in [1.165, 1.54) is 0 Å². The molecule has 0 unspecified atom stereocenters. The molecule has 2 aliphatic rings. The molecule has 0 radical (unpaired) electrons. The fourth-order valence-electron chi connectivity index (χ4n) is 3.46. The minimum absolute atomic E-state index is 0.0124. The van der Waals surface area contributed by atoms with Crippen molar-refractivity contribution in [3.8, 4) is 0 Å². The maximum Gasteiger partial charge on any atom is 0.336 e. The Morgan fingerprint density at radius 1 is 0.760 bits per heavy atom. The first kappa shape index (κ1) is 19.7. The van der Waals surface area contributed by atoms with E-state index in [4.69, 9.17) is 14.2 Å². The molecule has 0 spiro atoms. The molecule has 0 atom stereocenters. The van der Waals surface area contributed by atoms with Crippen LogP contribution >= 0.6 is 0 Å². The second-order valence-corrected chi connectivity index (χ2v) is 7.79. The summed E-state index contributed by atoms with van der Waals surface area (Å²) in [7, 11) is 0. The average Bonchev–Trinajstić information content (AvgIpc) is 3.15. The lowest BCUT2D eigenvalue weighted by molar-refractivity contribution is -0.153. The molecule has 0 bridgehead atoms. The summed E-state index contributed by atoms with van der Waals surface area (Å²) < 4.78 is 16.5. The number of ether oxygens (including phenoxy) is 3. The maximum absolute atomic E-state index is 12.1. The first-order chi connectivity index (χ1) is 11.7. The van der Waals surface area contributed by atoms with Crippen molar-refractivity contribution in [2.24, 2.45) is 0 Å². The molecule has 2 fully saturated rings. The normalized spacial score (nSPS) is 20.9. The summed E-state index contributed by atoms with van der Waals surface area (Å²) in [6.07, 6.45) is 7.84. The van der Waals surface area contributed by atoms with Crippen LogP contribution in [0.3, 0.4) is 0 Å². The number of esters is 2. The predicted octanol–water partition coefficient (Wildman–Crippen LogP) is 3.87. The standard InChI is InChI=1S/C20H30O5/c1-15(17(21)24-19(3)9-5-6-10-19)13-23-14-16(2)18(22)25-20(4)11-7-8-12-20/h1-2,5-14H2,3-4H3. The third-order valence-corrected chi connectivity index (χ3v) is 5.13. The molecule has 5 heteroatoms. The van der Waals surface area contributed by atoms with Crippen LogP contribution in [0.4, 0.5) is 0 Å². The minimum atomic E-state index is -0.434. The number of rotatable bonds is 8. The quantitative estimate of drug-likeness (QED) is 0.491. The van der Waals surface area contributed by atoms with Crippen LogP contribution in [-0.4, -0.2) is 36.4 Å². The van der Waals surface area contributed by atoms with Gasteiger partial charge in [-0.3, -0.25) is 0 Å². The van der Waals surface area contributed by atoms with E-state index in [2.05, 4.69) is 13.2 Å². The van der Waals surface area contributed by atoms with Gasteiger partial charge in [0, 0.05) is 0 Å². The molecule has 0 saturated heterocycles. The molecule has 0 aromatic rings. The Hall–Kier alpha value is -1.62. The zero-order valence-electron chi connectivity index (χ0n) is 15.5. The van der Waals surface area contributed by atoms with Crippen molar-refractivity contribution in [1.29, 1.82) is 0 Å². The van der Waals surface area contributed by atoms with Gasteiger partial charge in [-0.05, 0) is 65.2 Å². The number of carbonyl (C=O) groups is 2. The molecule has 0 heterocycles. The molecule has 5 nitrogen and oxygen atoms in total. The van der Waals surface area contributed by atoms with Crippen molar-refractivity contribution >= 4 is 11.9 Å². The molecule has 0 aromatic heterocycles. The molecule has 0 aliphatic heterocycles. The van der Waals surface area contributed by atoms with Crippen molar-refractivity contribution in [3.63, 3.8) is 0 Å². The topological polar surface area (TPSA) is 61.8 Å². The summed E-state index contributed by atoms with van der Waals surface area (Å²) in [4.78, 5) is 24.1. The van der Waals surface area contributed by atoms with Crippen molar-refractivity contribution in [2.45, 2.75) is 76.4 Å². The lowest BCUT2D eigenvalue weighted by atomic mass is 10.1. The van der Waals surface area contributed by atoms with Crippen LogP contribution in [0, 0.1) is 0 Å². The third-order valence-electron chi connectivity index (χ3n) is 5.13. The van der Waals surface area contributed by atoms with Crippen molar-refractivity contribution in [1.82, 2.24) is 0 Å². The predicted molar refractivity (Wildman–Crippen MR) is 95.0 cm³/mol. The molecule has 2 rings (SSSR count). The van der Waals surface area contributed by atoms with Gasteiger partial charge in [0.1, 0.15) is 11.2 Å². The molecule has 0 aromatic carbocycles. The van der Waals surface area contributed by atoms with Crippen LogP contribution in [0.5, 0.6) is 0 Å². The Bertz CT molecular complexity index is 488. The van der Waals surface area contributed by atoms with E-state index in [1.807, 2.05) is 13.8 Å². The monoisotopic (exact) mass is 350 g/mol. The van der Waals surface area contributed by atoms with Crippen molar-refractivity contribution in [2.75, 3.05) is 13.2 Å². The fraction of sp³-hybridized carbons (Fsp3) is 0.700. The Morgan fingerprint density at radius 2 is 1.08 bits per heavy atom. The van der Waals surface area contributed by atoms with Crippen molar-refractivity contribution < 1.29 is 23.8 Å². The van der Waals surface area contributed by atoms with Gasteiger partial charge in [0.2, 0.25) is 0 Å². The molecule has 140 valence electrons. The van der Waals surface area contributed by atoms with Crippen LogP contribution < -0.4 is 0 Å². The van der Waals surface area contributed by atoms with Gasteiger partial charge in [-0.2, -0.15) is 0 Å². The molecule has 0 amide bonds. The minimum Gasteiger partial charge on any atom is -0.456 e. The lowest BCUT2D eigenvalue weighted by Gasteiger charge is -2.25. The lowest BCUT2D eigenvalue weighted by Crippen LogP contribution is -2.30. The average molecular weight is 350 g/mol. The Morgan fingerprint density at radius 3 is 1.40 bits per heavy atom. The highest BCUT2D eigenvalue weighted by Gasteiger charge is 2.34. The highest BCUT2D eigenvalue weighted by atomic mass is 16.6. The number of hydrogen-bond donors (Lipinski definition) is 0. The van der Waals surface area contributed by atoms with Gasteiger partial charge in [0.15, 0.2) is 0 Å². The summed E-state index contributed by atoms with van der Waals surface area (Å²) in [6.45, 7) is 11.4. The van der Waals surface area contributed by atoms with E-state index in [0.29, 0.717) is 0 Å². The SMILES string of the molecule is C=C(COCC(=C)C(=O)OC1(C)CCCC1)C(=O)OC1(C)CCCC1. The Balaban J connectivity index is 1.68. The van der Waals surface area contributed by atoms with Gasteiger partial charge in [0.25, 0.3) is 0 Å². The Kier molecular flexibility index (Phi) is 6.44. The van der Waals surface area contributed by atoms with Gasteiger partial charge in [-0.1, -0.05) is 13.2 Å². The van der Waals surface area contributed by atoms with Gasteiger partial charge in [0.05, 0.1) is 24.4 Å². The summed E-state index contributed by atoms with van der Waals surface area (Å²) in [5, 5.41) is 0. The van der Waals surface area contributed by atoms with E-state index in [-0.39, 0.29) is 35.6 Å². The van der Waals surface area contributed by atoms with Crippen LogP contribution in [0.2, 0.25) is 0 Å². The molecule has 2 saturated carbocycles. The van der Waals surface area contributed by atoms with Crippen LogP contribution in [0.25, 0.3) is 0 Å². The van der Waals surface area contributed by atoms with Crippen LogP contribution in [0.15, 0.2) is 24.3 Å². The molecular weight excluding hydrogens is 320 g/mol. The van der Waals surface area contributed by atoms with E-state index < -0.39 is 11.9 Å². The third kappa shape index (κ3) is 5.70. The van der Waals surface area contributed by atoms with Crippen LogP contribution in [-0.2, 0) is 23.8 Å². The maximum atomic E-state index is 12.1. The smallest absolute Gasteiger partial charge is 0.336 e. The fourth-order valence-corrected chi connectivity index (χ4v) is 3.46. The van der Waals surface area contributed by atoms with Gasteiger partial charge in [-0.15, -0.1) is 0 Å². The second-order valence-electron chi connectivity index (χ2n) is 7.79. The largest absolute Gasteiger partial charge is 0.456 e. The zero-order chi connectivity index (χ0) is 18.5. The summed E-state index contributed by atoms with van der Waals surface area (Å²) in [5.74, 6) is -0.868. The Labute approximate surface area is 150 Å². The van der Waals surface area contributed by atoms with Gasteiger partial charge in [-0.25, -0.2) is 9.59 Å². The first-order valence-corrected chi connectivity index (χ1v) is 9.13. The van der Waals surface area contributed by atoms with E-state index >= 15 is 0 Å². The van der Waals surface area contributed by atoms with E-state index in [0.717, 1.165) is 51.4 Å². The van der Waals surface area contributed by atoms with Gasteiger partial charge < -0.3 is 14.2 Å². The molecule has 0 N–H and O–H groups in total. The highest BCUT2D eigenvalue weighted by molar-refractivity contribution is 5.89. The second kappa shape index (κ2) is 8.17. The number of hydrogen-bond acceptors (Lipinski definition) is 5. The summed E-state index contributed by atoms with van der Waals surface area (Å²) in [5.41, 5.74) is -0.275. The van der Waals surface area contributed by atoms with E-state index in [9.17, 15) is 9.59 Å². The summed E-state index contributed by atoms with van der Waals surface area (Å²) in [6, 6.07) is 0. The summed E-state index contributed by atoms with van der Waals surface area (Å²) >= 11 is 0. The molecule has 2 aliphatic carbocycles. The van der Waals surface area contributed by atoms with Gasteiger partial charge >= 0.3 is 11.9 Å². The van der Waals surface area contributed by atoms with E-state index in [1.54, 1.807) is 0 Å². The molecule has 25 heavy (non-hydrogen) atoms.